The lowest BCUT2D eigenvalue weighted by Gasteiger charge is -2.14. The summed E-state index contributed by atoms with van der Waals surface area (Å²) in [6.07, 6.45) is 0. The van der Waals surface area contributed by atoms with E-state index in [4.69, 9.17) is 5.84 Å². The van der Waals surface area contributed by atoms with Gasteiger partial charge in [-0.25, -0.2) is 0 Å². The van der Waals surface area contributed by atoms with Crippen LogP contribution >= 0.6 is 23.1 Å². The number of hydrazine groups is 1. The van der Waals surface area contributed by atoms with Gasteiger partial charge in [-0.15, -0.1) is 11.8 Å². The molecule has 1 aromatic heterocycles. The summed E-state index contributed by atoms with van der Waals surface area (Å²) in [7, 11) is 0. The predicted molar refractivity (Wildman–Crippen MR) is 76.3 cm³/mol. The van der Waals surface area contributed by atoms with Gasteiger partial charge in [0.25, 0.3) is 0 Å². The molecule has 0 aliphatic rings. The van der Waals surface area contributed by atoms with E-state index in [2.05, 4.69) is 53.4 Å². The van der Waals surface area contributed by atoms with Gasteiger partial charge in [-0.1, -0.05) is 17.7 Å². The van der Waals surface area contributed by atoms with Crippen LogP contribution in [0, 0.1) is 6.92 Å². The van der Waals surface area contributed by atoms with E-state index in [-0.39, 0.29) is 6.04 Å². The van der Waals surface area contributed by atoms with Crippen molar-refractivity contribution in [2.75, 3.05) is 5.75 Å². The average Bonchev–Trinajstić information content (AvgIpc) is 2.84. The molecule has 1 aromatic carbocycles. The summed E-state index contributed by atoms with van der Waals surface area (Å²) in [6.45, 7) is 2.11. The van der Waals surface area contributed by atoms with Gasteiger partial charge in [0, 0.05) is 10.6 Å². The predicted octanol–water partition coefficient (Wildman–Crippen LogP) is 3.35. The van der Waals surface area contributed by atoms with E-state index in [1.54, 1.807) is 11.3 Å². The van der Waals surface area contributed by atoms with E-state index in [9.17, 15) is 0 Å². The molecule has 2 aromatic rings. The minimum Gasteiger partial charge on any atom is -0.271 e. The summed E-state index contributed by atoms with van der Waals surface area (Å²) in [5, 5.41) is 4.22. The number of thiophene rings is 1. The third-order valence-electron chi connectivity index (χ3n) is 2.55. The first kappa shape index (κ1) is 12.6. The Labute approximate surface area is 110 Å². The maximum absolute atomic E-state index is 5.60. The fourth-order valence-electron chi connectivity index (χ4n) is 1.60. The first-order valence-corrected chi connectivity index (χ1v) is 7.40. The minimum absolute atomic E-state index is 0.215. The van der Waals surface area contributed by atoms with Gasteiger partial charge >= 0.3 is 0 Å². The molecule has 0 saturated heterocycles. The number of aryl methyl sites for hydroxylation is 1. The van der Waals surface area contributed by atoms with Gasteiger partial charge in [-0.3, -0.25) is 11.3 Å². The Hall–Kier alpha value is -0.810. The maximum atomic E-state index is 5.60. The Balaban J connectivity index is 1.97. The fourth-order valence-corrected chi connectivity index (χ4v) is 3.40. The Kier molecular flexibility index (Phi) is 4.62. The normalized spacial score (nSPS) is 12.6. The van der Waals surface area contributed by atoms with Gasteiger partial charge in [0.05, 0.1) is 6.04 Å². The third-order valence-corrected chi connectivity index (χ3v) is 4.34. The molecule has 90 valence electrons. The molecule has 0 fully saturated rings. The third kappa shape index (κ3) is 3.57. The number of thioether (sulfide) groups is 1. The number of nitrogens with one attached hydrogen (secondary N) is 1. The second-order valence-corrected chi connectivity index (χ2v) is 5.78. The molecule has 1 unspecified atom stereocenters. The Bertz CT molecular complexity index is 454. The van der Waals surface area contributed by atoms with Crippen molar-refractivity contribution < 1.29 is 0 Å². The molecule has 1 heterocycles. The van der Waals surface area contributed by atoms with Crippen LogP contribution < -0.4 is 11.3 Å². The van der Waals surface area contributed by atoms with Crippen molar-refractivity contribution in [1.29, 1.82) is 0 Å². The summed E-state index contributed by atoms with van der Waals surface area (Å²) >= 11 is 3.53. The topological polar surface area (TPSA) is 38.0 Å². The first-order valence-electron chi connectivity index (χ1n) is 5.47. The smallest absolute Gasteiger partial charge is 0.0562 e. The molecule has 0 bridgehead atoms. The minimum atomic E-state index is 0.215. The van der Waals surface area contributed by atoms with Crippen LogP contribution in [0.3, 0.4) is 0 Å². The molecular weight excluding hydrogens is 248 g/mol. The number of hydrogen-bond acceptors (Lipinski definition) is 4. The zero-order valence-electron chi connectivity index (χ0n) is 9.72. The van der Waals surface area contributed by atoms with Crippen LogP contribution in [0.25, 0.3) is 0 Å². The van der Waals surface area contributed by atoms with Crippen LogP contribution in [0.1, 0.15) is 17.2 Å². The van der Waals surface area contributed by atoms with E-state index >= 15 is 0 Å². The van der Waals surface area contributed by atoms with E-state index in [1.165, 1.54) is 16.0 Å². The standard InChI is InChI=1S/C13H16N2S2/c1-10-3-2-4-12(7-10)17-9-13(15-14)11-5-6-16-8-11/h2-8,13,15H,9,14H2,1H3. The SMILES string of the molecule is Cc1cccc(SCC(NN)c2ccsc2)c1. The number of hydrogen-bond donors (Lipinski definition) is 2. The van der Waals surface area contributed by atoms with Crippen LogP contribution in [-0.4, -0.2) is 5.75 Å². The lowest BCUT2D eigenvalue weighted by atomic mass is 10.2. The van der Waals surface area contributed by atoms with E-state index < -0.39 is 0 Å². The van der Waals surface area contributed by atoms with Crippen molar-refractivity contribution in [2.45, 2.75) is 17.9 Å². The van der Waals surface area contributed by atoms with Crippen LogP contribution in [0.5, 0.6) is 0 Å². The van der Waals surface area contributed by atoms with Crippen LogP contribution in [0.4, 0.5) is 0 Å². The molecule has 2 rings (SSSR count). The van der Waals surface area contributed by atoms with E-state index in [1.807, 2.05) is 11.8 Å². The van der Waals surface area contributed by atoms with Crippen molar-refractivity contribution >= 4 is 23.1 Å². The van der Waals surface area contributed by atoms with Gasteiger partial charge in [0.2, 0.25) is 0 Å². The van der Waals surface area contributed by atoms with Gasteiger partial charge in [-0.2, -0.15) is 11.3 Å². The molecule has 1 atom stereocenters. The van der Waals surface area contributed by atoms with Crippen molar-refractivity contribution in [3.05, 3.63) is 52.2 Å². The highest BCUT2D eigenvalue weighted by molar-refractivity contribution is 7.99. The summed E-state index contributed by atoms with van der Waals surface area (Å²) in [5.74, 6) is 6.54. The Morgan fingerprint density at radius 2 is 2.29 bits per heavy atom. The van der Waals surface area contributed by atoms with Crippen molar-refractivity contribution in [3.63, 3.8) is 0 Å². The van der Waals surface area contributed by atoms with Gasteiger partial charge in [0.1, 0.15) is 0 Å². The fraction of sp³-hybridized carbons (Fsp3) is 0.231. The molecule has 0 aliphatic carbocycles. The number of nitrogens with two attached hydrogens (primary N) is 1. The zero-order chi connectivity index (χ0) is 12.1. The van der Waals surface area contributed by atoms with Crippen molar-refractivity contribution in [3.8, 4) is 0 Å². The average molecular weight is 264 g/mol. The first-order chi connectivity index (χ1) is 8.29. The molecule has 4 heteroatoms. The van der Waals surface area contributed by atoms with E-state index in [0.29, 0.717) is 0 Å². The zero-order valence-corrected chi connectivity index (χ0v) is 11.4. The summed E-state index contributed by atoms with van der Waals surface area (Å²) in [4.78, 5) is 1.29. The Morgan fingerprint density at radius 1 is 1.41 bits per heavy atom. The van der Waals surface area contributed by atoms with Gasteiger partial charge in [-0.05, 0) is 41.4 Å². The van der Waals surface area contributed by atoms with Crippen LogP contribution in [0.15, 0.2) is 46.0 Å². The van der Waals surface area contributed by atoms with E-state index in [0.717, 1.165) is 5.75 Å². The highest BCUT2D eigenvalue weighted by Gasteiger charge is 2.10. The second-order valence-electron chi connectivity index (χ2n) is 3.90. The largest absolute Gasteiger partial charge is 0.271 e. The highest BCUT2D eigenvalue weighted by atomic mass is 32.2. The van der Waals surface area contributed by atoms with Crippen LogP contribution in [-0.2, 0) is 0 Å². The quantitative estimate of drug-likeness (QED) is 0.494. The summed E-state index contributed by atoms with van der Waals surface area (Å²) < 4.78 is 0. The monoisotopic (exact) mass is 264 g/mol. The highest BCUT2D eigenvalue weighted by Crippen LogP contribution is 2.25. The van der Waals surface area contributed by atoms with Gasteiger partial charge < -0.3 is 0 Å². The number of rotatable bonds is 5. The second kappa shape index (κ2) is 6.21. The molecule has 0 spiro atoms. The maximum Gasteiger partial charge on any atom is 0.0562 e. The van der Waals surface area contributed by atoms with Gasteiger partial charge in [0.15, 0.2) is 0 Å². The van der Waals surface area contributed by atoms with Crippen molar-refractivity contribution in [2.24, 2.45) is 5.84 Å². The Morgan fingerprint density at radius 3 is 2.94 bits per heavy atom. The summed E-state index contributed by atoms with van der Waals surface area (Å²) in [5.41, 5.74) is 5.43. The molecule has 0 radical (unpaired) electrons. The number of benzene rings is 1. The lowest BCUT2D eigenvalue weighted by molar-refractivity contribution is 0.612. The molecule has 3 N–H and O–H groups in total. The van der Waals surface area contributed by atoms with Crippen LogP contribution in [0.2, 0.25) is 0 Å². The molecule has 17 heavy (non-hydrogen) atoms. The molecule has 0 amide bonds. The molecule has 0 saturated carbocycles. The molecular formula is C13H16N2S2. The molecule has 2 nitrogen and oxygen atoms in total. The lowest BCUT2D eigenvalue weighted by Crippen LogP contribution is -2.29. The summed E-state index contributed by atoms with van der Waals surface area (Å²) in [6, 6.07) is 10.9. The van der Waals surface area contributed by atoms with Crippen molar-refractivity contribution in [1.82, 2.24) is 5.43 Å². The molecule has 0 aliphatic heterocycles.